The van der Waals surface area contributed by atoms with Crippen LogP contribution in [0.25, 0.3) is 27.8 Å². The Morgan fingerprint density at radius 3 is 2.19 bits per heavy atom. The highest BCUT2D eigenvalue weighted by molar-refractivity contribution is 6.07. The Morgan fingerprint density at radius 2 is 1.39 bits per heavy atom. The number of carbonyl (C=O) groups excluding carboxylic acids is 1. The summed E-state index contributed by atoms with van der Waals surface area (Å²) in [6, 6.07) is 33.0. The van der Waals surface area contributed by atoms with E-state index in [1.807, 2.05) is 102 Å². The largest absolute Gasteiger partial charge is 0.270 e. The zero-order valence-electron chi connectivity index (χ0n) is 16.6. The normalized spacial score (nSPS) is 10.7. The van der Waals surface area contributed by atoms with Crippen LogP contribution < -0.4 is 10.9 Å². The second-order valence-electron chi connectivity index (χ2n) is 6.99. The number of hydrogen-bond donors (Lipinski definition) is 2. The monoisotopic (exact) mass is 405 g/mol. The van der Waals surface area contributed by atoms with Crippen molar-refractivity contribution >= 4 is 22.6 Å². The van der Waals surface area contributed by atoms with E-state index < -0.39 is 0 Å². The van der Waals surface area contributed by atoms with Gasteiger partial charge in [0.15, 0.2) is 5.82 Å². The Kier molecular flexibility index (Phi) is 4.86. The standard InChI is InChI=1S/C25H19N5O/c31-24(22-17-9-13-18-10-7-8-16-21(18)22)27-29-25-28-26-23(19-11-3-1-4-12-19)30(25)20-14-5-2-6-15-20/h1-17H,(H,27,31)(H,28,29). The Balaban J connectivity index is 1.48. The number of carbonyl (C=O) groups is 1. The van der Waals surface area contributed by atoms with Crippen molar-refractivity contribution in [1.29, 1.82) is 0 Å². The fourth-order valence-electron chi connectivity index (χ4n) is 3.56. The molecule has 0 saturated carbocycles. The van der Waals surface area contributed by atoms with Crippen LogP contribution in [0.2, 0.25) is 0 Å². The quantitative estimate of drug-likeness (QED) is 0.410. The first kappa shape index (κ1) is 18.6. The Morgan fingerprint density at radius 1 is 0.710 bits per heavy atom. The van der Waals surface area contributed by atoms with Crippen LogP contribution in [-0.2, 0) is 0 Å². The SMILES string of the molecule is O=C(NNc1nnc(-c2ccccc2)n1-c1ccccc1)c1cccc2ccccc12. The van der Waals surface area contributed by atoms with E-state index in [2.05, 4.69) is 21.0 Å². The molecule has 0 aliphatic heterocycles. The Labute approximate surface area is 179 Å². The van der Waals surface area contributed by atoms with Crippen LogP contribution in [0.1, 0.15) is 10.4 Å². The molecule has 6 nitrogen and oxygen atoms in total. The van der Waals surface area contributed by atoms with Gasteiger partial charge in [0.05, 0.1) is 5.69 Å². The maximum absolute atomic E-state index is 12.9. The predicted molar refractivity (Wildman–Crippen MR) is 122 cm³/mol. The molecule has 0 saturated heterocycles. The molecule has 0 aliphatic rings. The third kappa shape index (κ3) is 3.62. The van der Waals surface area contributed by atoms with E-state index in [-0.39, 0.29) is 5.91 Å². The molecule has 1 heterocycles. The number of nitrogens with one attached hydrogen (secondary N) is 2. The number of benzene rings is 4. The van der Waals surface area contributed by atoms with Crippen molar-refractivity contribution in [1.82, 2.24) is 20.2 Å². The molecule has 0 fully saturated rings. The molecule has 2 N–H and O–H groups in total. The van der Waals surface area contributed by atoms with Gasteiger partial charge >= 0.3 is 0 Å². The lowest BCUT2D eigenvalue weighted by Gasteiger charge is -2.13. The molecule has 5 aromatic rings. The minimum Gasteiger partial charge on any atom is -0.267 e. The van der Waals surface area contributed by atoms with Gasteiger partial charge in [0.25, 0.3) is 5.91 Å². The first-order valence-electron chi connectivity index (χ1n) is 9.91. The van der Waals surface area contributed by atoms with Crippen molar-refractivity contribution in [2.75, 3.05) is 5.43 Å². The molecular formula is C25H19N5O. The number of hydrazine groups is 1. The second kappa shape index (κ2) is 8.12. The minimum atomic E-state index is -0.249. The summed E-state index contributed by atoms with van der Waals surface area (Å²) >= 11 is 0. The van der Waals surface area contributed by atoms with Crippen LogP contribution in [0, 0.1) is 0 Å². The molecule has 6 heteroatoms. The molecule has 0 atom stereocenters. The van der Waals surface area contributed by atoms with Crippen molar-refractivity contribution in [3.63, 3.8) is 0 Å². The topological polar surface area (TPSA) is 71.8 Å². The average Bonchev–Trinajstić information content (AvgIpc) is 3.27. The summed E-state index contributed by atoms with van der Waals surface area (Å²) in [4.78, 5) is 12.9. The van der Waals surface area contributed by atoms with Gasteiger partial charge in [-0.2, -0.15) is 0 Å². The van der Waals surface area contributed by atoms with Gasteiger partial charge in [-0.15, -0.1) is 10.2 Å². The van der Waals surface area contributed by atoms with Gasteiger partial charge in [-0.3, -0.25) is 20.2 Å². The molecule has 4 aromatic carbocycles. The summed E-state index contributed by atoms with van der Waals surface area (Å²) in [5.74, 6) is 0.841. The van der Waals surface area contributed by atoms with E-state index in [1.54, 1.807) is 6.07 Å². The molecule has 150 valence electrons. The van der Waals surface area contributed by atoms with Crippen LogP contribution in [0.3, 0.4) is 0 Å². The van der Waals surface area contributed by atoms with E-state index in [9.17, 15) is 4.79 Å². The van der Waals surface area contributed by atoms with Gasteiger partial charge in [-0.25, -0.2) is 0 Å². The van der Waals surface area contributed by atoms with Crippen molar-refractivity contribution in [2.24, 2.45) is 0 Å². The summed E-state index contributed by atoms with van der Waals surface area (Å²) in [6.45, 7) is 0. The first-order chi connectivity index (χ1) is 15.3. The van der Waals surface area contributed by atoms with E-state index in [0.717, 1.165) is 22.0 Å². The van der Waals surface area contributed by atoms with Gasteiger partial charge in [0.2, 0.25) is 5.95 Å². The highest BCUT2D eigenvalue weighted by atomic mass is 16.2. The molecular weight excluding hydrogens is 386 g/mol. The van der Waals surface area contributed by atoms with E-state index in [4.69, 9.17) is 0 Å². The van der Waals surface area contributed by atoms with E-state index in [0.29, 0.717) is 17.3 Å². The van der Waals surface area contributed by atoms with Gasteiger partial charge in [-0.05, 0) is 29.0 Å². The number of nitrogens with zero attached hydrogens (tertiary/aromatic N) is 3. The van der Waals surface area contributed by atoms with Crippen LogP contribution in [0.4, 0.5) is 5.95 Å². The number of hydrogen-bond acceptors (Lipinski definition) is 4. The molecule has 1 aromatic heterocycles. The van der Waals surface area contributed by atoms with Gasteiger partial charge in [0, 0.05) is 11.1 Å². The first-order valence-corrected chi connectivity index (χ1v) is 9.91. The summed E-state index contributed by atoms with van der Waals surface area (Å²) in [6.07, 6.45) is 0. The van der Waals surface area contributed by atoms with Gasteiger partial charge in [0.1, 0.15) is 0 Å². The van der Waals surface area contributed by atoms with E-state index >= 15 is 0 Å². The van der Waals surface area contributed by atoms with Crippen LogP contribution in [-0.4, -0.2) is 20.7 Å². The highest BCUT2D eigenvalue weighted by Crippen LogP contribution is 2.25. The van der Waals surface area contributed by atoms with Crippen molar-refractivity contribution in [2.45, 2.75) is 0 Å². The maximum atomic E-state index is 12.9. The fourth-order valence-corrected chi connectivity index (χ4v) is 3.56. The van der Waals surface area contributed by atoms with Crippen LogP contribution >= 0.6 is 0 Å². The summed E-state index contributed by atoms with van der Waals surface area (Å²) in [7, 11) is 0. The molecule has 0 radical (unpaired) electrons. The van der Waals surface area contributed by atoms with Crippen LogP contribution in [0.5, 0.6) is 0 Å². The van der Waals surface area contributed by atoms with Gasteiger partial charge < -0.3 is 0 Å². The lowest BCUT2D eigenvalue weighted by molar-refractivity contribution is 0.0964. The van der Waals surface area contributed by atoms with E-state index in [1.165, 1.54) is 0 Å². The molecule has 0 bridgehead atoms. The number of para-hydroxylation sites is 1. The van der Waals surface area contributed by atoms with Crippen molar-refractivity contribution in [3.05, 3.63) is 109 Å². The molecule has 0 aliphatic carbocycles. The molecule has 5 rings (SSSR count). The molecule has 1 amide bonds. The lowest BCUT2D eigenvalue weighted by Crippen LogP contribution is -2.31. The fraction of sp³-hybridized carbons (Fsp3) is 0. The zero-order chi connectivity index (χ0) is 21.0. The zero-order valence-corrected chi connectivity index (χ0v) is 16.6. The minimum absolute atomic E-state index is 0.249. The van der Waals surface area contributed by atoms with Gasteiger partial charge in [-0.1, -0.05) is 84.9 Å². The smallest absolute Gasteiger partial charge is 0.267 e. The summed E-state index contributed by atoms with van der Waals surface area (Å²) in [5, 5.41) is 10.5. The van der Waals surface area contributed by atoms with Crippen LogP contribution in [0.15, 0.2) is 103 Å². The number of amides is 1. The summed E-state index contributed by atoms with van der Waals surface area (Å²) in [5.41, 5.74) is 8.11. The second-order valence-corrected chi connectivity index (χ2v) is 6.99. The molecule has 0 unspecified atom stereocenters. The number of rotatable bonds is 5. The highest BCUT2D eigenvalue weighted by Gasteiger charge is 2.17. The average molecular weight is 405 g/mol. The Hall–Kier alpha value is -4.45. The number of aromatic nitrogens is 3. The number of fused-ring (bicyclic) bond motifs is 1. The summed E-state index contributed by atoms with van der Waals surface area (Å²) < 4.78 is 1.87. The lowest BCUT2D eigenvalue weighted by atomic mass is 10.0. The van der Waals surface area contributed by atoms with Crippen molar-refractivity contribution in [3.8, 4) is 17.1 Å². The molecule has 31 heavy (non-hydrogen) atoms. The number of anilines is 1. The molecule has 0 spiro atoms. The Bertz CT molecular complexity index is 1340. The third-order valence-corrected chi connectivity index (χ3v) is 5.03. The maximum Gasteiger partial charge on any atom is 0.270 e. The predicted octanol–water partition coefficient (Wildman–Crippen LogP) is 4.84. The third-order valence-electron chi connectivity index (χ3n) is 5.03. The van der Waals surface area contributed by atoms with Crippen molar-refractivity contribution < 1.29 is 4.79 Å².